The maximum absolute atomic E-state index is 11.6. The Balaban J connectivity index is 2.10. The summed E-state index contributed by atoms with van der Waals surface area (Å²) in [7, 11) is 0. The van der Waals surface area contributed by atoms with Crippen LogP contribution >= 0.6 is 0 Å². The van der Waals surface area contributed by atoms with Crippen molar-refractivity contribution < 1.29 is 4.74 Å². The van der Waals surface area contributed by atoms with Gasteiger partial charge in [0.25, 0.3) is 5.56 Å². The first-order valence-electron chi connectivity index (χ1n) is 6.03. The Morgan fingerprint density at radius 1 is 1.41 bits per heavy atom. The number of aromatic nitrogens is 2. The van der Waals surface area contributed by atoms with Crippen molar-refractivity contribution in [1.29, 1.82) is 0 Å². The molecule has 2 rings (SSSR count). The fraction of sp³-hybridized carbons (Fsp3) is 0.667. The minimum absolute atomic E-state index is 0.181. The smallest absolute Gasteiger partial charge is 0.325 e. The number of ether oxygens (including phenoxy) is 1. The number of hydrogen-bond acceptors (Lipinski definition) is 3. The fourth-order valence-electron chi connectivity index (χ4n) is 2.29. The summed E-state index contributed by atoms with van der Waals surface area (Å²) in [6.07, 6.45) is 4.33. The van der Waals surface area contributed by atoms with E-state index < -0.39 is 5.69 Å². The lowest BCUT2D eigenvalue weighted by atomic mass is 10.0. The molecule has 2 heterocycles. The fourth-order valence-corrected chi connectivity index (χ4v) is 2.29. The predicted octanol–water partition coefficient (Wildman–Crippen LogP) is 1.33. The number of nitrogens with one attached hydrogen (secondary N) is 2. The molecule has 2 N–H and O–H groups in total. The molecule has 1 aliphatic heterocycles. The van der Waals surface area contributed by atoms with E-state index in [0.29, 0.717) is 11.5 Å². The molecule has 0 amide bonds. The van der Waals surface area contributed by atoms with Crippen LogP contribution in [0.2, 0.25) is 0 Å². The molecule has 2 atom stereocenters. The second-order valence-electron chi connectivity index (χ2n) is 4.98. The van der Waals surface area contributed by atoms with Crippen LogP contribution in [0, 0.1) is 5.92 Å². The summed E-state index contributed by atoms with van der Waals surface area (Å²) in [5.41, 5.74) is -0.296. The van der Waals surface area contributed by atoms with Crippen molar-refractivity contribution in [2.75, 3.05) is 0 Å². The first kappa shape index (κ1) is 12.1. The highest BCUT2D eigenvalue weighted by Gasteiger charge is 2.28. The van der Waals surface area contributed by atoms with Gasteiger partial charge in [-0.05, 0) is 25.2 Å². The SMILES string of the molecule is CC(C)C[C@@H]1CCC(c2c[nH]c(=O)[nH]c2=O)O1. The van der Waals surface area contributed by atoms with E-state index >= 15 is 0 Å². The molecule has 0 bridgehead atoms. The van der Waals surface area contributed by atoms with Gasteiger partial charge in [0.2, 0.25) is 0 Å². The van der Waals surface area contributed by atoms with E-state index in [4.69, 9.17) is 4.74 Å². The summed E-state index contributed by atoms with van der Waals surface area (Å²) in [4.78, 5) is 27.2. The number of hydrogen-bond donors (Lipinski definition) is 2. The third kappa shape index (κ3) is 2.85. The van der Waals surface area contributed by atoms with Crippen LogP contribution in [0.15, 0.2) is 15.8 Å². The van der Waals surface area contributed by atoms with E-state index in [0.717, 1.165) is 19.3 Å². The highest BCUT2D eigenvalue weighted by Crippen LogP contribution is 2.33. The van der Waals surface area contributed by atoms with Gasteiger partial charge in [0.15, 0.2) is 0 Å². The zero-order chi connectivity index (χ0) is 12.4. The van der Waals surface area contributed by atoms with Gasteiger partial charge >= 0.3 is 5.69 Å². The van der Waals surface area contributed by atoms with E-state index in [2.05, 4.69) is 23.8 Å². The highest BCUT2D eigenvalue weighted by atomic mass is 16.5. The van der Waals surface area contributed by atoms with Crippen LogP contribution in [0.25, 0.3) is 0 Å². The lowest BCUT2D eigenvalue weighted by Gasteiger charge is -2.14. The van der Waals surface area contributed by atoms with Crippen molar-refractivity contribution in [3.8, 4) is 0 Å². The molecule has 1 aromatic rings. The Kier molecular flexibility index (Phi) is 3.47. The molecular weight excluding hydrogens is 220 g/mol. The van der Waals surface area contributed by atoms with Gasteiger partial charge in [-0.3, -0.25) is 9.78 Å². The second-order valence-corrected chi connectivity index (χ2v) is 4.98. The Labute approximate surface area is 99.2 Å². The topological polar surface area (TPSA) is 75.0 Å². The maximum atomic E-state index is 11.6. The molecule has 1 fully saturated rings. The molecule has 0 radical (unpaired) electrons. The molecule has 0 aromatic carbocycles. The molecule has 1 unspecified atom stereocenters. The van der Waals surface area contributed by atoms with Gasteiger partial charge in [0.05, 0.1) is 17.8 Å². The van der Waals surface area contributed by atoms with E-state index in [9.17, 15) is 9.59 Å². The third-order valence-corrected chi connectivity index (χ3v) is 3.04. The number of H-pyrrole nitrogens is 2. The van der Waals surface area contributed by atoms with Crippen LogP contribution in [-0.2, 0) is 4.74 Å². The summed E-state index contributed by atoms with van der Waals surface area (Å²) < 4.78 is 5.84. The van der Waals surface area contributed by atoms with Crippen molar-refractivity contribution in [3.05, 3.63) is 32.6 Å². The van der Waals surface area contributed by atoms with Gasteiger partial charge in [-0.15, -0.1) is 0 Å². The Hall–Kier alpha value is -1.36. The zero-order valence-corrected chi connectivity index (χ0v) is 10.2. The molecule has 0 aliphatic carbocycles. The van der Waals surface area contributed by atoms with E-state index in [1.807, 2.05) is 0 Å². The second kappa shape index (κ2) is 4.87. The Bertz CT molecular complexity index is 489. The largest absolute Gasteiger partial charge is 0.370 e. The van der Waals surface area contributed by atoms with Crippen LogP contribution < -0.4 is 11.2 Å². The van der Waals surface area contributed by atoms with Crippen LogP contribution in [0.1, 0.15) is 44.8 Å². The zero-order valence-electron chi connectivity index (χ0n) is 10.2. The molecule has 5 heteroatoms. The van der Waals surface area contributed by atoms with Crippen LogP contribution in [0.5, 0.6) is 0 Å². The van der Waals surface area contributed by atoms with Gasteiger partial charge in [-0.1, -0.05) is 13.8 Å². The maximum Gasteiger partial charge on any atom is 0.325 e. The molecule has 1 aliphatic rings. The van der Waals surface area contributed by atoms with E-state index in [1.165, 1.54) is 6.20 Å². The number of rotatable bonds is 3. The average Bonchev–Trinajstić information content (AvgIpc) is 2.65. The van der Waals surface area contributed by atoms with Crippen molar-refractivity contribution in [2.45, 2.75) is 45.3 Å². The van der Waals surface area contributed by atoms with Crippen molar-refractivity contribution in [3.63, 3.8) is 0 Å². The minimum atomic E-state index is -0.476. The summed E-state index contributed by atoms with van der Waals surface area (Å²) in [5.74, 6) is 0.590. The lowest BCUT2D eigenvalue weighted by molar-refractivity contribution is 0.0323. The Morgan fingerprint density at radius 3 is 2.82 bits per heavy atom. The van der Waals surface area contributed by atoms with Crippen LogP contribution in [-0.4, -0.2) is 16.1 Å². The van der Waals surface area contributed by atoms with Crippen molar-refractivity contribution in [2.24, 2.45) is 5.92 Å². The molecule has 1 saturated heterocycles. The molecule has 1 aromatic heterocycles. The summed E-state index contributed by atoms with van der Waals surface area (Å²) >= 11 is 0. The van der Waals surface area contributed by atoms with Gasteiger partial charge in [-0.2, -0.15) is 0 Å². The van der Waals surface area contributed by atoms with Gasteiger partial charge in [-0.25, -0.2) is 4.79 Å². The lowest BCUT2D eigenvalue weighted by Crippen LogP contribution is -2.26. The monoisotopic (exact) mass is 238 g/mol. The normalized spacial score (nSPS) is 24.4. The molecule has 0 saturated carbocycles. The van der Waals surface area contributed by atoms with Crippen molar-refractivity contribution >= 4 is 0 Å². The summed E-state index contributed by atoms with van der Waals surface area (Å²) in [5, 5.41) is 0. The summed E-state index contributed by atoms with van der Waals surface area (Å²) in [6, 6.07) is 0. The van der Waals surface area contributed by atoms with Gasteiger partial charge in [0, 0.05) is 6.20 Å². The molecular formula is C12H18N2O3. The molecule has 0 spiro atoms. The van der Waals surface area contributed by atoms with Crippen LogP contribution in [0.4, 0.5) is 0 Å². The van der Waals surface area contributed by atoms with Crippen molar-refractivity contribution in [1.82, 2.24) is 9.97 Å². The molecule has 94 valence electrons. The van der Waals surface area contributed by atoms with E-state index in [-0.39, 0.29) is 17.8 Å². The van der Waals surface area contributed by atoms with Gasteiger partial charge in [0.1, 0.15) is 0 Å². The minimum Gasteiger partial charge on any atom is -0.370 e. The third-order valence-electron chi connectivity index (χ3n) is 3.04. The average molecular weight is 238 g/mol. The predicted molar refractivity (Wildman–Crippen MR) is 64.0 cm³/mol. The standard InChI is InChI=1S/C12H18N2O3/c1-7(2)5-8-3-4-10(17-8)9-6-13-12(16)14-11(9)15/h6-8,10H,3-5H2,1-2H3,(H2,13,14,15,16)/t8-,10?/m0/s1. The molecule has 5 nitrogen and oxygen atoms in total. The van der Waals surface area contributed by atoms with Gasteiger partial charge < -0.3 is 9.72 Å². The van der Waals surface area contributed by atoms with E-state index in [1.54, 1.807) is 0 Å². The van der Waals surface area contributed by atoms with Crippen LogP contribution in [0.3, 0.4) is 0 Å². The first-order chi connectivity index (χ1) is 8.06. The quantitative estimate of drug-likeness (QED) is 0.834. The Morgan fingerprint density at radius 2 is 2.18 bits per heavy atom. The summed E-state index contributed by atoms with van der Waals surface area (Å²) in [6.45, 7) is 4.31. The molecule has 17 heavy (non-hydrogen) atoms. The highest BCUT2D eigenvalue weighted by molar-refractivity contribution is 5.09. The first-order valence-corrected chi connectivity index (χ1v) is 6.03. The number of aromatic amines is 2.